The van der Waals surface area contributed by atoms with Gasteiger partial charge in [-0.3, -0.25) is 9.20 Å². The van der Waals surface area contributed by atoms with Crippen molar-refractivity contribution in [2.24, 2.45) is 0 Å². The minimum atomic E-state index is -4.55. The van der Waals surface area contributed by atoms with E-state index in [-0.39, 0.29) is 17.2 Å². The Kier molecular flexibility index (Phi) is 6.10. The van der Waals surface area contributed by atoms with Gasteiger partial charge in [-0.05, 0) is 24.3 Å². The first-order valence-electron chi connectivity index (χ1n) is 11.1. The van der Waals surface area contributed by atoms with Gasteiger partial charge in [-0.15, -0.1) is 0 Å². The van der Waals surface area contributed by atoms with Gasteiger partial charge in [0, 0.05) is 29.7 Å². The highest BCUT2D eigenvalue weighted by molar-refractivity contribution is 6.04. The van der Waals surface area contributed by atoms with Gasteiger partial charge in [-0.25, -0.2) is 15.0 Å². The Labute approximate surface area is 208 Å². The number of rotatable bonds is 4. The molecule has 1 saturated heterocycles. The maximum atomic E-state index is 12.9. The summed E-state index contributed by atoms with van der Waals surface area (Å²) in [5.74, 6) is -0.0494. The van der Waals surface area contributed by atoms with Crippen molar-refractivity contribution >= 4 is 23.1 Å². The zero-order chi connectivity index (χ0) is 26.2. The van der Waals surface area contributed by atoms with Crippen LogP contribution < -0.4 is 11.1 Å². The number of halogens is 3. The van der Waals surface area contributed by atoms with E-state index >= 15 is 0 Å². The van der Waals surface area contributed by atoms with Crippen molar-refractivity contribution in [1.29, 1.82) is 5.26 Å². The third-order valence-electron chi connectivity index (χ3n) is 5.86. The smallest absolute Gasteiger partial charge is 0.382 e. The predicted molar refractivity (Wildman–Crippen MR) is 126 cm³/mol. The molecule has 3 aromatic heterocycles. The molecule has 1 amide bonds. The lowest BCUT2D eigenvalue weighted by atomic mass is 10.1. The maximum absolute atomic E-state index is 12.9. The third-order valence-corrected chi connectivity index (χ3v) is 5.86. The van der Waals surface area contributed by atoms with Gasteiger partial charge in [0.1, 0.15) is 34.8 Å². The molecule has 188 valence electrons. The number of morpholine rings is 1. The van der Waals surface area contributed by atoms with Crippen LogP contribution in [0.1, 0.15) is 27.8 Å². The number of amides is 1. The molecule has 1 aromatic carbocycles. The van der Waals surface area contributed by atoms with Crippen LogP contribution in [0.5, 0.6) is 0 Å². The van der Waals surface area contributed by atoms with Crippen LogP contribution >= 0.6 is 0 Å². The monoisotopic (exact) mass is 508 g/mol. The number of benzene rings is 1. The first-order chi connectivity index (χ1) is 17.7. The number of nitriles is 1. The second-order valence-electron chi connectivity index (χ2n) is 8.21. The van der Waals surface area contributed by atoms with Crippen molar-refractivity contribution in [3.8, 4) is 17.5 Å². The molecule has 0 bridgehead atoms. The summed E-state index contributed by atoms with van der Waals surface area (Å²) < 4.78 is 46.5. The number of aromatic nitrogens is 4. The Balaban J connectivity index is 1.43. The van der Waals surface area contributed by atoms with Gasteiger partial charge < -0.3 is 20.7 Å². The SMILES string of the molecule is N#CN1CCOC(c2nc(-c3ccc(C(=O)Nc4cc(C(F)(F)F)ccn4)cc3)c3c(N)nccn23)C1. The zero-order valence-corrected chi connectivity index (χ0v) is 19.1. The molecule has 37 heavy (non-hydrogen) atoms. The Morgan fingerprint density at radius 1 is 1.19 bits per heavy atom. The van der Waals surface area contributed by atoms with Crippen LogP contribution in [-0.4, -0.2) is 49.9 Å². The second kappa shape index (κ2) is 9.40. The topological polar surface area (TPSA) is 134 Å². The van der Waals surface area contributed by atoms with Crippen LogP contribution in [0.15, 0.2) is 55.0 Å². The summed E-state index contributed by atoms with van der Waals surface area (Å²) in [5, 5.41) is 11.7. The van der Waals surface area contributed by atoms with Gasteiger partial charge in [-0.2, -0.15) is 18.4 Å². The van der Waals surface area contributed by atoms with Gasteiger partial charge in [0.2, 0.25) is 0 Å². The number of nitrogen functional groups attached to an aromatic ring is 1. The van der Waals surface area contributed by atoms with E-state index in [2.05, 4.69) is 21.5 Å². The van der Waals surface area contributed by atoms with Gasteiger partial charge in [-0.1, -0.05) is 12.1 Å². The number of alkyl halides is 3. The number of pyridine rings is 1. The molecule has 1 atom stereocenters. The van der Waals surface area contributed by atoms with Crippen molar-refractivity contribution < 1.29 is 22.7 Å². The van der Waals surface area contributed by atoms with Crippen LogP contribution in [0.25, 0.3) is 16.8 Å². The Bertz CT molecular complexity index is 1510. The fourth-order valence-corrected chi connectivity index (χ4v) is 4.05. The zero-order valence-electron chi connectivity index (χ0n) is 19.1. The summed E-state index contributed by atoms with van der Waals surface area (Å²) in [7, 11) is 0. The van der Waals surface area contributed by atoms with Crippen molar-refractivity contribution in [2.75, 3.05) is 30.7 Å². The maximum Gasteiger partial charge on any atom is 0.416 e. The average Bonchev–Trinajstić information content (AvgIpc) is 3.29. The predicted octanol–water partition coefficient (Wildman–Crippen LogP) is 3.50. The lowest BCUT2D eigenvalue weighted by molar-refractivity contribution is -0.137. The molecule has 0 saturated carbocycles. The van der Waals surface area contributed by atoms with E-state index in [1.807, 2.05) is 0 Å². The number of carbonyl (C=O) groups excluding carboxylic acids is 1. The van der Waals surface area contributed by atoms with Crippen LogP contribution in [0, 0.1) is 11.5 Å². The standard InChI is InChI=1S/C24H19F3N8O2/c25-24(26,27)16-5-6-30-18(11-16)32-23(36)15-3-1-14(2-4-15)19-20-21(29)31-7-8-35(20)22(33-19)17-12-34(13-28)9-10-37-17/h1-8,11,17H,9-10,12H2,(H2,29,31)(H,30,32,36). The summed E-state index contributed by atoms with van der Waals surface area (Å²) in [5.41, 5.74) is 7.14. The first kappa shape index (κ1) is 24.0. The highest BCUT2D eigenvalue weighted by atomic mass is 19.4. The molecule has 1 fully saturated rings. The molecule has 3 N–H and O–H groups in total. The number of ether oxygens (including phenoxy) is 1. The second-order valence-corrected chi connectivity index (χ2v) is 8.21. The molecule has 10 nitrogen and oxygen atoms in total. The number of hydrogen-bond donors (Lipinski definition) is 2. The number of imidazole rings is 1. The number of nitrogens with two attached hydrogens (primary N) is 1. The van der Waals surface area contributed by atoms with E-state index in [1.54, 1.807) is 27.6 Å². The normalized spacial score (nSPS) is 15.9. The van der Waals surface area contributed by atoms with Gasteiger partial charge >= 0.3 is 6.18 Å². The Morgan fingerprint density at radius 2 is 1.97 bits per heavy atom. The van der Waals surface area contributed by atoms with Crippen molar-refractivity contribution in [1.82, 2.24) is 24.3 Å². The number of hydrogen-bond acceptors (Lipinski definition) is 8. The largest absolute Gasteiger partial charge is 0.416 e. The molecule has 4 aromatic rings. The first-order valence-corrected chi connectivity index (χ1v) is 11.1. The van der Waals surface area contributed by atoms with Crippen LogP contribution in [-0.2, 0) is 10.9 Å². The summed E-state index contributed by atoms with van der Waals surface area (Å²) in [6.07, 6.45) is 1.33. The van der Waals surface area contributed by atoms with E-state index in [0.717, 1.165) is 18.3 Å². The number of anilines is 2. The molecule has 1 unspecified atom stereocenters. The number of nitrogens with one attached hydrogen (secondary N) is 1. The van der Waals surface area contributed by atoms with E-state index < -0.39 is 23.8 Å². The van der Waals surface area contributed by atoms with E-state index in [1.165, 1.54) is 18.3 Å². The molecule has 13 heteroatoms. The summed E-state index contributed by atoms with van der Waals surface area (Å²) in [4.78, 5) is 26.9. The molecule has 5 rings (SSSR count). The van der Waals surface area contributed by atoms with Crippen LogP contribution in [0.2, 0.25) is 0 Å². The average molecular weight is 508 g/mol. The van der Waals surface area contributed by atoms with Crippen LogP contribution in [0.3, 0.4) is 0 Å². The number of carbonyl (C=O) groups is 1. The van der Waals surface area contributed by atoms with Crippen LogP contribution in [0.4, 0.5) is 24.8 Å². The third kappa shape index (κ3) is 4.74. The molecule has 1 aliphatic heterocycles. The minimum Gasteiger partial charge on any atom is -0.382 e. The Morgan fingerprint density at radius 3 is 2.70 bits per heavy atom. The fourth-order valence-electron chi connectivity index (χ4n) is 4.05. The lowest BCUT2D eigenvalue weighted by Gasteiger charge is -2.28. The molecular weight excluding hydrogens is 489 g/mol. The summed E-state index contributed by atoms with van der Waals surface area (Å²) in [6.45, 7) is 1.19. The molecule has 0 radical (unpaired) electrons. The highest BCUT2D eigenvalue weighted by Crippen LogP contribution is 2.33. The summed E-state index contributed by atoms with van der Waals surface area (Å²) in [6, 6.07) is 7.92. The van der Waals surface area contributed by atoms with Gasteiger partial charge in [0.25, 0.3) is 5.91 Å². The highest BCUT2D eigenvalue weighted by Gasteiger charge is 2.31. The molecular formula is C24H19F3N8O2. The molecule has 1 aliphatic rings. The molecule has 4 heterocycles. The molecule has 0 aliphatic carbocycles. The van der Waals surface area contributed by atoms with Gasteiger partial charge in [0.05, 0.1) is 25.3 Å². The van der Waals surface area contributed by atoms with Crippen molar-refractivity contribution in [3.63, 3.8) is 0 Å². The lowest BCUT2D eigenvalue weighted by Crippen LogP contribution is -2.35. The van der Waals surface area contributed by atoms with E-state index in [0.29, 0.717) is 42.3 Å². The minimum absolute atomic E-state index is 0.207. The quantitative estimate of drug-likeness (QED) is 0.400. The Hall–Kier alpha value is -4.70. The van der Waals surface area contributed by atoms with E-state index in [9.17, 15) is 23.2 Å². The van der Waals surface area contributed by atoms with Gasteiger partial charge in [0.15, 0.2) is 6.19 Å². The molecule has 0 spiro atoms. The van der Waals surface area contributed by atoms with Crippen molar-refractivity contribution in [3.05, 3.63) is 71.9 Å². The number of nitrogens with zero attached hydrogens (tertiary/aromatic N) is 6. The van der Waals surface area contributed by atoms with Crippen molar-refractivity contribution in [2.45, 2.75) is 12.3 Å². The number of fused-ring (bicyclic) bond motifs is 1. The fraction of sp³-hybridized carbons (Fsp3) is 0.208. The van der Waals surface area contributed by atoms with E-state index in [4.69, 9.17) is 15.5 Å². The summed E-state index contributed by atoms with van der Waals surface area (Å²) >= 11 is 0.